The molecule has 262 valence electrons. The number of methoxy groups -OCH3 is 5. The average Bonchev–Trinajstić information content (AvgIpc) is 3.21. The quantitative estimate of drug-likeness (QED) is 0.250. The lowest BCUT2D eigenvalue weighted by atomic mass is 9.96. The van der Waals surface area contributed by atoms with E-state index in [1.165, 1.54) is 52.6 Å². The normalized spacial score (nSPS) is 15.3. The molecule has 2 N–H and O–H groups in total. The van der Waals surface area contributed by atoms with Crippen molar-refractivity contribution in [1.82, 2.24) is 15.1 Å². The summed E-state index contributed by atoms with van der Waals surface area (Å²) in [5.74, 6) is -1.20. The van der Waals surface area contributed by atoms with E-state index >= 15 is 0 Å². The van der Waals surface area contributed by atoms with E-state index in [1.54, 1.807) is 43.3 Å². The molecule has 1 aliphatic heterocycles. The fourth-order valence-electron chi connectivity index (χ4n) is 5.81. The highest BCUT2D eigenvalue weighted by molar-refractivity contribution is 6.30. The lowest BCUT2D eigenvalue weighted by Crippen LogP contribution is -2.48. The third kappa shape index (κ3) is 8.29. The van der Waals surface area contributed by atoms with Crippen molar-refractivity contribution in [3.05, 3.63) is 75.8 Å². The van der Waals surface area contributed by atoms with Crippen molar-refractivity contribution in [2.45, 2.75) is 32.4 Å². The van der Waals surface area contributed by atoms with Crippen molar-refractivity contribution in [2.75, 3.05) is 48.6 Å². The predicted octanol–water partition coefficient (Wildman–Crippen LogP) is 4.97. The number of ether oxygens (including phenoxy) is 5. The first-order chi connectivity index (χ1) is 23.5. The van der Waals surface area contributed by atoms with Gasteiger partial charge in [0.25, 0.3) is 0 Å². The Labute approximate surface area is 289 Å². The Morgan fingerprint density at radius 3 is 2.10 bits per heavy atom. The molecule has 0 radical (unpaired) electrons. The second-order valence-corrected chi connectivity index (χ2v) is 11.7. The second-order valence-electron chi connectivity index (χ2n) is 11.2. The van der Waals surface area contributed by atoms with E-state index in [1.807, 2.05) is 0 Å². The molecule has 1 heterocycles. The van der Waals surface area contributed by atoms with Crippen LogP contribution >= 0.6 is 11.6 Å². The first kappa shape index (κ1) is 36.7. The number of urea groups is 1. The lowest BCUT2D eigenvalue weighted by Gasteiger charge is -2.26. The molecular formula is C35H40ClN3O10. The molecule has 49 heavy (non-hydrogen) atoms. The Bertz CT molecular complexity index is 1690. The zero-order valence-corrected chi connectivity index (χ0v) is 29.0. The second kappa shape index (κ2) is 16.3. The van der Waals surface area contributed by atoms with Crippen molar-refractivity contribution in [3.8, 4) is 28.7 Å². The number of halogens is 1. The van der Waals surface area contributed by atoms with Crippen LogP contribution in [-0.2, 0) is 22.6 Å². The molecule has 1 aliphatic rings. The van der Waals surface area contributed by atoms with Crippen LogP contribution in [0.25, 0.3) is 0 Å². The van der Waals surface area contributed by atoms with Gasteiger partial charge in [-0.1, -0.05) is 24.6 Å². The summed E-state index contributed by atoms with van der Waals surface area (Å²) in [5.41, 5.74) is 1.57. The van der Waals surface area contributed by atoms with Crippen LogP contribution in [0.4, 0.5) is 4.79 Å². The largest absolute Gasteiger partial charge is 0.496 e. The van der Waals surface area contributed by atoms with Crippen LogP contribution < -0.4 is 29.0 Å². The minimum absolute atomic E-state index is 0.00247. The van der Waals surface area contributed by atoms with Gasteiger partial charge in [-0.2, -0.15) is 0 Å². The van der Waals surface area contributed by atoms with Crippen molar-refractivity contribution in [3.63, 3.8) is 0 Å². The number of carboxylic acids is 1. The molecule has 1 fully saturated rings. The highest BCUT2D eigenvalue weighted by Gasteiger charge is 2.39. The molecule has 0 unspecified atom stereocenters. The number of nitrogens with one attached hydrogen (secondary N) is 1. The molecule has 4 amide bonds. The van der Waals surface area contributed by atoms with E-state index in [4.69, 9.17) is 35.3 Å². The molecule has 0 aliphatic carbocycles. The first-order valence-corrected chi connectivity index (χ1v) is 15.8. The molecule has 0 saturated carbocycles. The number of carboxylic acid groups (broad SMARTS) is 1. The van der Waals surface area contributed by atoms with Gasteiger partial charge in [0.1, 0.15) is 40.9 Å². The molecule has 1 saturated heterocycles. The van der Waals surface area contributed by atoms with Crippen LogP contribution in [-0.4, -0.2) is 87.4 Å². The van der Waals surface area contributed by atoms with Crippen LogP contribution in [0.15, 0.2) is 48.5 Å². The number of nitrogens with zero attached hydrogens (tertiary/aromatic N) is 2. The summed E-state index contributed by atoms with van der Waals surface area (Å²) >= 11 is 6.31. The lowest BCUT2D eigenvalue weighted by molar-refractivity contribution is -0.135. The van der Waals surface area contributed by atoms with E-state index in [-0.39, 0.29) is 30.8 Å². The highest BCUT2D eigenvalue weighted by atomic mass is 35.5. The van der Waals surface area contributed by atoms with Crippen molar-refractivity contribution >= 4 is 35.4 Å². The van der Waals surface area contributed by atoms with Gasteiger partial charge in [-0.25, -0.2) is 9.59 Å². The number of carbonyl (C=O) groups is 4. The van der Waals surface area contributed by atoms with E-state index in [9.17, 15) is 24.3 Å². The van der Waals surface area contributed by atoms with E-state index in [2.05, 4.69) is 5.32 Å². The van der Waals surface area contributed by atoms with Crippen LogP contribution in [0, 0.1) is 5.92 Å². The number of amides is 4. The Morgan fingerprint density at radius 1 is 0.898 bits per heavy atom. The van der Waals surface area contributed by atoms with Crippen molar-refractivity contribution in [2.24, 2.45) is 5.92 Å². The summed E-state index contributed by atoms with van der Waals surface area (Å²) in [7, 11) is 7.34. The number of hydrogen-bond acceptors (Lipinski definition) is 9. The van der Waals surface area contributed by atoms with E-state index < -0.39 is 42.3 Å². The van der Waals surface area contributed by atoms with Gasteiger partial charge in [0.2, 0.25) is 11.8 Å². The number of hydrogen-bond donors (Lipinski definition) is 2. The number of aromatic carboxylic acids is 1. The van der Waals surface area contributed by atoms with Gasteiger partial charge in [-0.05, 0) is 54.3 Å². The van der Waals surface area contributed by atoms with Gasteiger partial charge in [0.05, 0.1) is 59.6 Å². The number of rotatable bonds is 13. The molecule has 0 bridgehead atoms. The Balaban J connectivity index is 1.71. The first-order valence-electron chi connectivity index (χ1n) is 15.4. The number of benzene rings is 3. The van der Waals surface area contributed by atoms with Crippen molar-refractivity contribution in [1.29, 1.82) is 0 Å². The van der Waals surface area contributed by atoms with Gasteiger partial charge >= 0.3 is 12.0 Å². The molecule has 14 heteroatoms. The fourth-order valence-corrected chi connectivity index (χ4v) is 6.00. The Kier molecular flexibility index (Phi) is 12.2. The topological polar surface area (TPSA) is 153 Å². The van der Waals surface area contributed by atoms with Gasteiger partial charge in [0.15, 0.2) is 0 Å². The molecule has 0 spiro atoms. The van der Waals surface area contributed by atoms with Gasteiger partial charge in [-0.15, -0.1) is 0 Å². The summed E-state index contributed by atoms with van der Waals surface area (Å²) in [6.07, 6.45) is 0.462. The molecule has 4 rings (SSSR count). The van der Waals surface area contributed by atoms with Crippen LogP contribution in [0.5, 0.6) is 28.7 Å². The Morgan fingerprint density at radius 2 is 1.53 bits per heavy atom. The van der Waals surface area contributed by atoms with Crippen LogP contribution in [0.3, 0.4) is 0 Å². The minimum Gasteiger partial charge on any atom is -0.496 e. The zero-order chi connectivity index (χ0) is 35.8. The minimum atomic E-state index is -1.20. The predicted molar refractivity (Wildman–Crippen MR) is 180 cm³/mol. The number of imide groups is 1. The van der Waals surface area contributed by atoms with E-state index in [0.717, 1.165) is 4.90 Å². The molecule has 13 nitrogen and oxygen atoms in total. The standard InChI is InChI=1S/C35H40ClN3O10/c1-7-27(20-8-10-29(47-4)25(14-20)34(42)43)37-35(44)39-19-32(40)38(18-26-30(48-5)15-24(45-2)16-31(26)49-6)17-22(33(39)41)12-21-13-23(36)9-11-28(21)46-3/h8-11,13-16,22,27H,7,12,17-19H2,1-6H3,(H,37,44)(H,42,43)/t22-,27-/m1/s1. The maximum Gasteiger partial charge on any atom is 0.339 e. The molecule has 3 aromatic rings. The summed E-state index contributed by atoms with van der Waals surface area (Å²) in [4.78, 5) is 56.3. The third-order valence-electron chi connectivity index (χ3n) is 8.38. The summed E-state index contributed by atoms with van der Waals surface area (Å²) in [6, 6.07) is 11.4. The maximum atomic E-state index is 14.2. The Hall–Kier alpha value is -5.17. The summed E-state index contributed by atoms with van der Waals surface area (Å²) in [6.45, 7) is 1.21. The SMILES string of the molecule is CC[C@@H](NC(=O)N1CC(=O)N(Cc2c(OC)cc(OC)cc2OC)C[C@@H](Cc2cc(Cl)ccc2OC)C1=O)c1ccc(OC)c(C(=O)O)c1. The monoisotopic (exact) mass is 697 g/mol. The third-order valence-corrected chi connectivity index (χ3v) is 8.62. The summed E-state index contributed by atoms with van der Waals surface area (Å²) < 4.78 is 27.3. The fraction of sp³-hybridized carbons (Fsp3) is 0.371. The van der Waals surface area contributed by atoms with Gasteiger partial charge < -0.3 is 39.0 Å². The maximum absolute atomic E-state index is 14.2. The highest BCUT2D eigenvalue weighted by Crippen LogP contribution is 2.36. The van der Waals surface area contributed by atoms with E-state index in [0.29, 0.717) is 51.1 Å². The molecule has 2 atom stereocenters. The van der Waals surface area contributed by atoms with Crippen LogP contribution in [0.1, 0.15) is 46.4 Å². The number of carbonyl (C=O) groups excluding carboxylic acids is 3. The smallest absolute Gasteiger partial charge is 0.339 e. The van der Waals surface area contributed by atoms with Gasteiger partial charge in [0, 0.05) is 23.7 Å². The zero-order valence-electron chi connectivity index (χ0n) is 28.2. The molecular weight excluding hydrogens is 658 g/mol. The summed E-state index contributed by atoms with van der Waals surface area (Å²) in [5, 5.41) is 12.9. The van der Waals surface area contributed by atoms with Crippen molar-refractivity contribution < 1.29 is 48.0 Å². The molecule has 3 aromatic carbocycles. The van der Waals surface area contributed by atoms with Gasteiger partial charge in [-0.3, -0.25) is 14.5 Å². The average molecular weight is 698 g/mol. The molecule has 0 aromatic heterocycles. The van der Waals surface area contributed by atoms with Crippen LogP contribution in [0.2, 0.25) is 5.02 Å².